The molecule has 0 aliphatic heterocycles. The molecule has 3 N–H and O–H groups in total. The first-order valence-electron chi connectivity index (χ1n) is 7.96. The van der Waals surface area contributed by atoms with E-state index in [1.165, 1.54) is 23.5 Å². The Labute approximate surface area is 146 Å². The number of nitrogens with two attached hydrogens (primary N) is 1. The average Bonchev–Trinajstić information content (AvgIpc) is 3.10. The van der Waals surface area contributed by atoms with Gasteiger partial charge < -0.3 is 15.8 Å². The number of aromatic nitrogens is 1. The Balaban J connectivity index is 1.63. The smallest absolute Gasteiger partial charge is 0.422 e. The number of benzene rings is 1. The van der Waals surface area contributed by atoms with Gasteiger partial charge in [0.1, 0.15) is 5.75 Å². The number of carbonyl (C=O) groups is 1. The van der Waals surface area contributed by atoms with Gasteiger partial charge >= 0.3 is 6.18 Å². The minimum atomic E-state index is -4.39. The molecule has 0 saturated heterocycles. The molecule has 0 spiro atoms. The van der Waals surface area contributed by atoms with Gasteiger partial charge in [0.2, 0.25) is 5.91 Å². The number of fused-ring (bicyclic) bond motifs is 1. The number of hydrogen-bond acceptors (Lipinski definition) is 5. The van der Waals surface area contributed by atoms with E-state index in [1.807, 2.05) is 0 Å². The quantitative estimate of drug-likeness (QED) is 0.838. The van der Waals surface area contributed by atoms with E-state index in [1.54, 1.807) is 6.07 Å². The fourth-order valence-corrected chi connectivity index (χ4v) is 3.85. The highest BCUT2D eigenvalue weighted by Gasteiger charge is 2.28. The van der Waals surface area contributed by atoms with Gasteiger partial charge in [-0.05, 0) is 37.0 Å². The molecule has 1 aromatic heterocycles. The summed E-state index contributed by atoms with van der Waals surface area (Å²) in [4.78, 5) is 16.4. The van der Waals surface area contributed by atoms with E-state index in [-0.39, 0.29) is 23.6 Å². The molecular weight excluding hydrogens is 355 g/mol. The second-order valence-electron chi connectivity index (χ2n) is 6.16. The summed E-state index contributed by atoms with van der Waals surface area (Å²) in [5, 5.41) is 3.16. The van der Waals surface area contributed by atoms with Crippen molar-refractivity contribution in [1.82, 2.24) is 4.98 Å². The summed E-state index contributed by atoms with van der Waals surface area (Å²) in [6.45, 7) is -1.34. The molecule has 2 aromatic rings. The first-order valence-corrected chi connectivity index (χ1v) is 8.77. The third kappa shape index (κ3) is 4.82. The van der Waals surface area contributed by atoms with Gasteiger partial charge in [-0.25, -0.2) is 4.98 Å². The van der Waals surface area contributed by atoms with Crippen LogP contribution in [0.5, 0.6) is 5.75 Å². The van der Waals surface area contributed by atoms with Crippen LogP contribution in [0.3, 0.4) is 0 Å². The zero-order valence-corrected chi connectivity index (χ0v) is 14.1. The predicted molar refractivity (Wildman–Crippen MR) is 89.7 cm³/mol. The molecular formula is C16H18F3N3O2S. The first kappa shape index (κ1) is 17.9. The number of carbonyl (C=O) groups excluding carboxylic acids is 1. The Hall–Kier alpha value is -1.87. The van der Waals surface area contributed by atoms with Crippen LogP contribution in [0.1, 0.15) is 25.7 Å². The minimum Gasteiger partial charge on any atom is -0.484 e. The average molecular weight is 373 g/mol. The van der Waals surface area contributed by atoms with Crippen LogP contribution >= 0.6 is 11.3 Å². The summed E-state index contributed by atoms with van der Waals surface area (Å²) >= 11 is 1.20. The van der Waals surface area contributed by atoms with Crippen LogP contribution in [-0.2, 0) is 4.79 Å². The molecule has 1 saturated carbocycles. The van der Waals surface area contributed by atoms with Gasteiger partial charge in [0.25, 0.3) is 0 Å². The molecule has 1 amide bonds. The van der Waals surface area contributed by atoms with Gasteiger partial charge in [0.05, 0.1) is 10.2 Å². The standard InChI is InChI=1S/C16H18F3N3O2S/c17-16(18,19)8-24-10-4-5-12-13(7-10)25-15(21-12)22-14(23)6-9-2-1-3-11(9)20/h4-5,7,9,11H,1-3,6,8,20H2,(H,21,22,23)/t9-,11+/m0/s1. The van der Waals surface area contributed by atoms with Crippen molar-refractivity contribution in [2.75, 3.05) is 11.9 Å². The normalized spacial score (nSPS) is 20.8. The van der Waals surface area contributed by atoms with Crippen molar-refractivity contribution >= 4 is 32.6 Å². The van der Waals surface area contributed by atoms with E-state index in [4.69, 9.17) is 10.5 Å². The fraction of sp³-hybridized carbons (Fsp3) is 0.500. The van der Waals surface area contributed by atoms with E-state index < -0.39 is 12.8 Å². The molecule has 136 valence electrons. The van der Waals surface area contributed by atoms with Crippen molar-refractivity contribution in [3.05, 3.63) is 18.2 Å². The Morgan fingerprint density at radius 1 is 1.40 bits per heavy atom. The van der Waals surface area contributed by atoms with Gasteiger partial charge in [0, 0.05) is 12.5 Å². The zero-order valence-electron chi connectivity index (χ0n) is 13.3. The highest BCUT2D eigenvalue weighted by Crippen LogP contribution is 2.31. The van der Waals surface area contributed by atoms with Crippen molar-refractivity contribution in [2.24, 2.45) is 11.7 Å². The summed E-state index contributed by atoms with van der Waals surface area (Å²) in [5.74, 6) is 0.162. The van der Waals surface area contributed by atoms with Crippen LogP contribution in [0.2, 0.25) is 0 Å². The molecule has 9 heteroatoms. The molecule has 3 rings (SSSR count). The summed E-state index contributed by atoms with van der Waals surface area (Å²) in [5.41, 5.74) is 6.57. The lowest BCUT2D eigenvalue weighted by molar-refractivity contribution is -0.153. The molecule has 1 aliphatic carbocycles. The van der Waals surface area contributed by atoms with E-state index in [2.05, 4.69) is 10.3 Å². The summed E-state index contributed by atoms with van der Waals surface area (Å²) in [7, 11) is 0. The molecule has 1 heterocycles. The number of rotatable bonds is 5. The molecule has 1 aliphatic rings. The SMILES string of the molecule is N[C@@H]1CCC[C@H]1CC(=O)Nc1nc2ccc(OCC(F)(F)F)cc2s1. The van der Waals surface area contributed by atoms with Crippen molar-refractivity contribution in [3.8, 4) is 5.75 Å². The van der Waals surface area contributed by atoms with E-state index in [9.17, 15) is 18.0 Å². The van der Waals surface area contributed by atoms with Crippen LogP contribution < -0.4 is 15.8 Å². The molecule has 1 fully saturated rings. The summed E-state index contributed by atoms with van der Waals surface area (Å²) in [6, 6.07) is 4.55. The lowest BCUT2D eigenvalue weighted by atomic mass is 10.00. The van der Waals surface area contributed by atoms with Gasteiger partial charge in [-0.2, -0.15) is 13.2 Å². The zero-order chi connectivity index (χ0) is 18.0. The lowest BCUT2D eigenvalue weighted by Gasteiger charge is -2.13. The molecule has 5 nitrogen and oxygen atoms in total. The van der Waals surface area contributed by atoms with E-state index >= 15 is 0 Å². The van der Waals surface area contributed by atoms with Crippen LogP contribution in [-0.4, -0.2) is 29.7 Å². The highest BCUT2D eigenvalue weighted by molar-refractivity contribution is 7.22. The Morgan fingerprint density at radius 3 is 2.88 bits per heavy atom. The van der Waals surface area contributed by atoms with E-state index in [0.29, 0.717) is 21.8 Å². The summed E-state index contributed by atoms with van der Waals surface area (Å²) < 4.78 is 42.0. The van der Waals surface area contributed by atoms with Crippen LogP contribution in [0, 0.1) is 5.92 Å². The number of hydrogen-bond donors (Lipinski definition) is 2. The number of alkyl halides is 3. The molecule has 0 unspecified atom stereocenters. The second kappa shape index (κ2) is 7.17. The molecule has 2 atom stereocenters. The number of thiazole rings is 1. The number of nitrogens with one attached hydrogen (secondary N) is 1. The fourth-order valence-electron chi connectivity index (χ4n) is 2.94. The highest BCUT2D eigenvalue weighted by atomic mass is 32.1. The van der Waals surface area contributed by atoms with Gasteiger partial charge in [-0.15, -0.1) is 0 Å². The maximum atomic E-state index is 12.2. The number of nitrogens with zero attached hydrogens (tertiary/aromatic N) is 1. The number of ether oxygens (including phenoxy) is 1. The number of amides is 1. The van der Waals surface area contributed by atoms with Crippen molar-refractivity contribution in [2.45, 2.75) is 37.9 Å². The van der Waals surface area contributed by atoms with Crippen molar-refractivity contribution in [3.63, 3.8) is 0 Å². The van der Waals surface area contributed by atoms with Gasteiger partial charge in [-0.1, -0.05) is 17.8 Å². The third-order valence-electron chi connectivity index (χ3n) is 4.17. The van der Waals surface area contributed by atoms with Crippen LogP contribution in [0.15, 0.2) is 18.2 Å². The maximum absolute atomic E-state index is 12.2. The minimum absolute atomic E-state index is 0.0643. The predicted octanol–water partition coefficient (Wildman–Crippen LogP) is 3.69. The first-order chi connectivity index (χ1) is 11.8. The second-order valence-corrected chi connectivity index (χ2v) is 7.19. The van der Waals surface area contributed by atoms with Crippen LogP contribution in [0.4, 0.5) is 18.3 Å². The molecule has 0 radical (unpaired) electrons. The van der Waals surface area contributed by atoms with Gasteiger partial charge in [0.15, 0.2) is 11.7 Å². The van der Waals surface area contributed by atoms with Crippen molar-refractivity contribution < 1.29 is 22.7 Å². The maximum Gasteiger partial charge on any atom is 0.422 e. The van der Waals surface area contributed by atoms with Gasteiger partial charge in [-0.3, -0.25) is 4.79 Å². The molecule has 25 heavy (non-hydrogen) atoms. The third-order valence-corrected chi connectivity index (χ3v) is 5.11. The van der Waals surface area contributed by atoms with Crippen molar-refractivity contribution in [1.29, 1.82) is 0 Å². The largest absolute Gasteiger partial charge is 0.484 e. The van der Waals surface area contributed by atoms with E-state index in [0.717, 1.165) is 19.3 Å². The topological polar surface area (TPSA) is 77.2 Å². The lowest BCUT2D eigenvalue weighted by Crippen LogP contribution is -2.28. The monoisotopic (exact) mass is 373 g/mol. The number of halogens is 3. The number of anilines is 1. The molecule has 0 bridgehead atoms. The summed E-state index contributed by atoms with van der Waals surface area (Å²) in [6.07, 6.45) is -1.09. The Morgan fingerprint density at radius 2 is 2.20 bits per heavy atom. The Bertz CT molecular complexity index is 763. The molecule has 1 aromatic carbocycles. The van der Waals surface area contributed by atoms with Crippen LogP contribution in [0.25, 0.3) is 10.2 Å². The Kier molecular flexibility index (Phi) is 5.14.